The van der Waals surface area contributed by atoms with Crippen LogP contribution < -0.4 is 11.1 Å². The largest absolute Gasteiger partial charge is 0.352 e. The number of hydrogen-bond donors (Lipinski definition) is 3. The lowest BCUT2D eigenvalue weighted by Crippen LogP contribution is -2.28. The van der Waals surface area contributed by atoms with E-state index in [0.717, 1.165) is 30.6 Å². The van der Waals surface area contributed by atoms with Gasteiger partial charge in [0.1, 0.15) is 11.3 Å². The number of pyridine rings is 1. The molecule has 1 aliphatic rings. The molecule has 2 aromatic heterocycles. The zero-order chi connectivity index (χ0) is 20.2. The number of carbonyl (C=O) groups excluding carboxylic acids is 1. The van der Waals surface area contributed by atoms with Crippen LogP contribution >= 0.6 is 0 Å². The van der Waals surface area contributed by atoms with Crippen molar-refractivity contribution < 1.29 is 4.79 Å². The monoisotopic (exact) mass is 392 g/mol. The predicted octanol–water partition coefficient (Wildman–Crippen LogP) is 2.55. The molecule has 7 heteroatoms. The van der Waals surface area contributed by atoms with Gasteiger partial charge in [-0.1, -0.05) is 12.1 Å². The molecule has 0 saturated carbocycles. The molecule has 1 atom stereocenters. The lowest BCUT2D eigenvalue weighted by molar-refractivity contribution is 0.0955. The van der Waals surface area contributed by atoms with Crippen LogP contribution in [0, 0.1) is 0 Å². The van der Waals surface area contributed by atoms with E-state index in [4.69, 9.17) is 10.7 Å². The summed E-state index contributed by atoms with van der Waals surface area (Å²) in [4.78, 5) is 27.6. The molecule has 29 heavy (non-hydrogen) atoms. The third-order valence-corrected chi connectivity index (χ3v) is 5.57. The minimum Gasteiger partial charge on any atom is -0.352 e. The number of amides is 1. The maximum absolute atomic E-state index is 12.5. The van der Waals surface area contributed by atoms with Crippen molar-refractivity contribution in [2.24, 2.45) is 5.73 Å². The average molecular weight is 393 g/mol. The summed E-state index contributed by atoms with van der Waals surface area (Å²) in [5.41, 5.74) is 10.2. The van der Waals surface area contributed by atoms with Gasteiger partial charge in [-0.25, -0.2) is 4.98 Å². The zero-order valence-electron chi connectivity index (χ0n) is 16.8. The van der Waals surface area contributed by atoms with Crippen LogP contribution in [0.1, 0.15) is 52.7 Å². The van der Waals surface area contributed by atoms with E-state index in [0.29, 0.717) is 30.7 Å². The van der Waals surface area contributed by atoms with Crippen molar-refractivity contribution in [2.75, 3.05) is 20.1 Å². The molecule has 0 saturated heterocycles. The third-order valence-electron chi connectivity index (χ3n) is 5.57. The molecule has 4 rings (SSSR count). The van der Waals surface area contributed by atoms with E-state index in [2.05, 4.69) is 33.3 Å². The smallest absolute Gasteiger partial charge is 0.253 e. The molecule has 2 heterocycles. The molecule has 0 radical (unpaired) electrons. The molecule has 7 nitrogen and oxygen atoms in total. The average Bonchev–Trinajstić information content (AvgIpc) is 3.15. The minimum absolute atomic E-state index is 0.110. The van der Waals surface area contributed by atoms with Crippen LogP contribution in [-0.2, 0) is 13.0 Å². The van der Waals surface area contributed by atoms with Gasteiger partial charge in [-0.3, -0.25) is 14.7 Å². The maximum atomic E-state index is 12.5. The van der Waals surface area contributed by atoms with Gasteiger partial charge in [0.25, 0.3) is 5.91 Å². The number of hydrogen-bond acceptors (Lipinski definition) is 5. The van der Waals surface area contributed by atoms with Gasteiger partial charge in [-0.2, -0.15) is 0 Å². The van der Waals surface area contributed by atoms with E-state index in [1.807, 2.05) is 30.5 Å². The number of benzene rings is 1. The molecule has 1 aliphatic carbocycles. The van der Waals surface area contributed by atoms with Crippen molar-refractivity contribution in [3.63, 3.8) is 0 Å². The normalized spacial score (nSPS) is 16.2. The fraction of sp³-hybridized carbons (Fsp3) is 0.409. The number of H-pyrrole nitrogens is 1. The Morgan fingerprint density at radius 1 is 1.34 bits per heavy atom. The Morgan fingerprint density at radius 3 is 3.10 bits per heavy atom. The molecular weight excluding hydrogens is 364 g/mol. The first-order chi connectivity index (χ1) is 14.2. The van der Waals surface area contributed by atoms with Crippen molar-refractivity contribution in [3.8, 4) is 0 Å². The first-order valence-corrected chi connectivity index (χ1v) is 10.3. The van der Waals surface area contributed by atoms with Crippen molar-refractivity contribution in [1.82, 2.24) is 25.2 Å². The van der Waals surface area contributed by atoms with Crippen LogP contribution in [0.2, 0.25) is 0 Å². The predicted molar refractivity (Wildman–Crippen MR) is 113 cm³/mol. The minimum atomic E-state index is -0.110. The molecular formula is C22H28N6O. The lowest BCUT2D eigenvalue weighted by atomic mass is 9.91. The fourth-order valence-electron chi connectivity index (χ4n) is 4.10. The van der Waals surface area contributed by atoms with Gasteiger partial charge in [0.15, 0.2) is 0 Å². The second-order valence-electron chi connectivity index (χ2n) is 7.65. The number of aryl methyl sites for hydroxylation is 1. The Labute approximate surface area is 170 Å². The van der Waals surface area contributed by atoms with Gasteiger partial charge in [0.05, 0.1) is 29.4 Å². The molecule has 0 bridgehead atoms. The summed E-state index contributed by atoms with van der Waals surface area (Å²) in [7, 11) is 2.11. The Kier molecular flexibility index (Phi) is 5.87. The molecule has 1 aromatic carbocycles. The van der Waals surface area contributed by atoms with E-state index in [9.17, 15) is 4.79 Å². The second-order valence-corrected chi connectivity index (χ2v) is 7.65. The third kappa shape index (κ3) is 4.16. The standard InChI is InChI=1S/C22H28N6O/c1-28(18-10-2-6-15-7-4-12-24-20(15)18)14-19-26-17-9-3-8-16(21(17)27-19)22(29)25-13-5-11-23/h3-4,7-9,12,18H,2,5-6,10-11,13-14,23H2,1H3,(H,25,29)(H,26,27). The molecule has 1 unspecified atom stereocenters. The number of aromatic nitrogens is 3. The summed E-state index contributed by atoms with van der Waals surface area (Å²) in [6.07, 6.45) is 5.99. The van der Waals surface area contributed by atoms with Gasteiger partial charge in [-0.15, -0.1) is 0 Å². The highest BCUT2D eigenvalue weighted by atomic mass is 16.1. The number of para-hydroxylation sites is 1. The Hall–Kier alpha value is -2.77. The molecule has 3 aromatic rings. The number of nitrogens with one attached hydrogen (secondary N) is 2. The van der Waals surface area contributed by atoms with Crippen molar-refractivity contribution in [3.05, 3.63) is 59.2 Å². The van der Waals surface area contributed by atoms with E-state index in [-0.39, 0.29) is 11.9 Å². The molecule has 152 valence electrons. The lowest BCUT2D eigenvalue weighted by Gasteiger charge is -2.31. The summed E-state index contributed by atoms with van der Waals surface area (Å²) < 4.78 is 0. The Balaban J connectivity index is 1.53. The highest BCUT2D eigenvalue weighted by Gasteiger charge is 2.25. The van der Waals surface area contributed by atoms with Gasteiger partial charge < -0.3 is 16.0 Å². The fourth-order valence-corrected chi connectivity index (χ4v) is 4.10. The highest BCUT2D eigenvalue weighted by molar-refractivity contribution is 6.04. The van der Waals surface area contributed by atoms with E-state index >= 15 is 0 Å². The van der Waals surface area contributed by atoms with Crippen LogP contribution in [0.25, 0.3) is 11.0 Å². The van der Waals surface area contributed by atoms with E-state index in [1.54, 1.807) is 0 Å². The number of nitrogens with zero attached hydrogens (tertiary/aromatic N) is 3. The topological polar surface area (TPSA) is 99.9 Å². The van der Waals surface area contributed by atoms with Gasteiger partial charge in [-0.05, 0) is 63.0 Å². The number of aromatic amines is 1. The van der Waals surface area contributed by atoms with Crippen molar-refractivity contribution in [2.45, 2.75) is 38.3 Å². The van der Waals surface area contributed by atoms with Crippen LogP contribution in [0.3, 0.4) is 0 Å². The van der Waals surface area contributed by atoms with E-state index < -0.39 is 0 Å². The Morgan fingerprint density at radius 2 is 2.24 bits per heavy atom. The van der Waals surface area contributed by atoms with E-state index in [1.165, 1.54) is 17.7 Å². The first-order valence-electron chi connectivity index (χ1n) is 10.3. The second kappa shape index (κ2) is 8.71. The van der Waals surface area contributed by atoms with Crippen LogP contribution in [-0.4, -0.2) is 45.9 Å². The van der Waals surface area contributed by atoms with Crippen LogP contribution in [0.4, 0.5) is 0 Å². The van der Waals surface area contributed by atoms with Gasteiger partial charge in [0.2, 0.25) is 0 Å². The number of nitrogens with two attached hydrogens (primary N) is 1. The van der Waals surface area contributed by atoms with Gasteiger partial charge in [0, 0.05) is 12.7 Å². The van der Waals surface area contributed by atoms with Crippen LogP contribution in [0.5, 0.6) is 0 Å². The number of rotatable bonds is 7. The summed E-state index contributed by atoms with van der Waals surface area (Å²) in [5, 5.41) is 2.91. The molecule has 0 spiro atoms. The SMILES string of the molecule is CN(Cc1nc2c(C(=O)NCCCN)cccc2[nH]1)C1CCCc2cccnc21. The maximum Gasteiger partial charge on any atom is 0.253 e. The van der Waals surface area contributed by atoms with Crippen molar-refractivity contribution in [1.29, 1.82) is 0 Å². The summed E-state index contributed by atoms with van der Waals surface area (Å²) >= 11 is 0. The van der Waals surface area contributed by atoms with Crippen LogP contribution in [0.15, 0.2) is 36.5 Å². The zero-order valence-corrected chi connectivity index (χ0v) is 16.8. The summed E-state index contributed by atoms with van der Waals surface area (Å²) in [5.74, 6) is 0.744. The Bertz CT molecular complexity index is 998. The number of imidazole rings is 1. The quantitative estimate of drug-likeness (QED) is 0.537. The first kappa shape index (κ1) is 19.5. The number of carbonyl (C=O) groups is 1. The van der Waals surface area contributed by atoms with Gasteiger partial charge >= 0.3 is 0 Å². The molecule has 0 aliphatic heterocycles. The van der Waals surface area contributed by atoms with Crippen molar-refractivity contribution >= 4 is 16.9 Å². The molecule has 4 N–H and O–H groups in total. The summed E-state index contributed by atoms with van der Waals surface area (Å²) in [6.45, 7) is 1.80. The summed E-state index contributed by atoms with van der Waals surface area (Å²) in [6, 6.07) is 10.1. The molecule has 1 amide bonds. The number of fused-ring (bicyclic) bond motifs is 2. The highest BCUT2D eigenvalue weighted by Crippen LogP contribution is 2.32. The molecule has 0 fully saturated rings.